The number of aliphatic hydroxyl groups excluding tert-OH is 1. The summed E-state index contributed by atoms with van der Waals surface area (Å²) in [6, 6.07) is 0. The molecule has 15 nitrogen and oxygen atoms in total. The summed E-state index contributed by atoms with van der Waals surface area (Å²) in [4.78, 5) is 16.8. The Balaban J connectivity index is 5.49. The Labute approximate surface area is 247 Å². The van der Waals surface area contributed by atoms with Crippen LogP contribution in [0.5, 0.6) is 0 Å². The zero-order chi connectivity index (χ0) is 31.4. The fourth-order valence-electron chi connectivity index (χ4n) is 3.85. The van der Waals surface area contributed by atoms with Crippen LogP contribution in [-0.4, -0.2) is 165 Å². The molecule has 0 heterocycles. The molecular formula is C22H55N3O12P4. The topological polar surface area (TPSA) is 166 Å². The molecular weight excluding hydrogens is 622 g/mol. The van der Waals surface area contributed by atoms with E-state index in [-0.39, 0.29) is 25.1 Å². The molecule has 250 valence electrons. The Bertz CT molecular complexity index is 781. The van der Waals surface area contributed by atoms with Crippen LogP contribution in [0.25, 0.3) is 0 Å². The van der Waals surface area contributed by atoms with Crippen molar-refractivity contribution in [3.05, 3.63) is 0 Å². The average molecular weight is 678 g/mol. The summed E-state index contributed by atoms with van der Waals surface area (Å²) in [6.07, 6.45) is 1.57. The predicted octanol–water partition coefficient (Wildman–Crippen LogP) is 2.15. The quantitative estimate of drug-likeness (QED) is 0.116. The van der Waals surface area contributed by atoms with Gasteiger partial charge in [0.05, 0.1) is 0 Å². The third-order valence-electron chi connectivity index (χ3n) is 6.83. The van der Waals surface area contributed by atoms with E-state index in [1.54, 1.807) is 0 Å². The molecule has 1 atom stereocenters. The minimum absolute atomic E-state index is 0.0375. The Morgan fingerprint density at radius 2 is 1.07 bits per heavy atom. The van der Waals surface area contributed by atoms with Crippen molar-refractivity contribution >= 4 is 31.2 Å². The van der Waals surface area contributed by atoms with E-state index < -0.39 is 31.2 Å². The fourth-order valence-corrected chi connectivity index (χ4v) is 7.81. The first-order valence-corrected chi connectivity index (χ1v) is 20.4. The Morgan fingerprint density at radius 3 is 1.44 bits per heavy atom. The van der Waals surface area contributed by atoms with Crippen LogP contribution < -0.4 is 0 Å². The van der Waals surface area contributed by atoms with Gasteiger partial charge in [0.2, 0.25) is 0 Å². The van der Waals surface area contributed by atoms with Crippen molar-refractivity contribution in [3.63, 3.8) is 0 Å². The molecule has 0 aliphatic rings. The SMILES string of the molecule is CO[PH](=O)CCN(CCN(CCCO)CCN(CCP(=O)(OC)OC)CC[PH](O)(OC)OC)CCP(=O)(OC)OC. The summed E-state index contributed by atoms with van der Waals surface area (Å²) < 4.78 is 72.9. The Morgan fingerprint density at radius 1 is 0.659 bits per heavy atom. The number of aliphatic hydroxyl groups is 1. The van der Waals surface area contributed by atoms with Gasteiger partial charge in [-0.25, -0.2) is 0 Å². The molecule has 0 bridgehead atoms. The van der Waals surface area contributed by atoms with E-state index in [4.69, 9.17) is 31.7 Å². The van der Waals surface area contributed by atoms with E-state index in [0.29, 0.717) is 71.5 Å². The number of nitrogens with zero attached hydrogens (tertiary/aromatic N) is 3. The first-order chi connectivity index (χ1) is 19.4. The van der Waals surface area contributed by atoms with Crippen LogP contribution in [-0.2, 0) is 45.4 Å². The number of hydrogen-bond acceptors (Lipinski definition) is 15. The van der Waals surface area contributed by atoms with Crippen molar-refractivity contribution in [1.82, 2.24) is 14.7 Å². The molecule has 0 saturated carbocycles. The smallest absolute Gasteiger partial charge is 0.312 e. The third-order valence-corrected chi connectivity index (χ3v) is 13.8. The van der Waals surface area contributed by atoms with Gasteiger partial charge >= 0.3 is 204 Å². The Hall–Kier alpha value is 0.640. The molecule has 0 spiro atoms. The van der Waals surface area contributed by atoms with Gasteiger partial charge in [-0.3, -0.25) is 9.13 Å². The van der Waals surface area contributed by atoms with Crippen LogP contribution in [0.15, 0.2) is 0 Å². The van der Waals surface area contributed by atoms with Crippen LogP contribution in [0.2, 0.25) is 0 Å². The molecule has 19 heteroatoms. The fraction of sp³-hybridized carbons (Fsp3) is 1.00. The van der Waals surface area contributed by atoms with E-state index in [9.17, 15) is 23.7 Å². The maximum atomic E-state index is 12.7. The zero-order valence-electron chi connectivity index (χ0n) is 25.8. The molecule has 0 aliphatic carbocycles. The molecule has 41 heavy (non-hydrogen) atoms. The molecule has 0 fully saturated rings. The molecule has 0 radical (unpaired) electrons. The van der Waals surface area contributed by atoms with Crippen LogP contribution in [0.4, 0.5) is 0 Å². The molecule has 0 aromatic heterocycles. The minimum atomic E-state index is -3.32. The molecule has 0 saturated heterocycles. The monoisotopic (exact) mass is 677 g/mol. The summed E-state index contributed by atoms with van der Waals surface area (Å²) in [6.45, 7) is 4.78. The second kappa shape index (κ2) is 23.0. The normalized spacial score (nSPS) is 14.4. The van der Waals surface area contributed by atoms with Crippen LogP contribution in [0, 0.1) is 0 Å². The predicted molar refractivity (Wildman–Crippen MR) is 164 cm³/mol. The van der Waals surface area contributed by atoms with Crippen molar-refractivity contribution < 1.29 is 55.4 Å². The molecule has 1 unspecified atom stereocenters. The summed E-state index contributed by atoms with van der Waals surface area (Å²) >= 11 is 0. The average Bonchev–Trinajstić information content (AvgIpc) is 3.01. The van der Waals surface area contributed by atoms with Gasteiger partial charge in [-0.1, -0.05) is 0 Å². The summed E-state index contributed by atoms with van der Waals surface area (Å²) in [5, 5.41) is 9.47. The Kier molecular flexibility index (Phi) is 23.4. The first-order valence-electron chi connectivity index (χ1n) is 13.5. The van der Waals surface area contributed by atoms with Crippen LogP contribution in [0.3, 0.4) is 0 Å². The molecule has 0 aliphatic heterocycles. The van der Waals surface area contributed by atoms with Gasteiger partial charge in [0, 0.05) is 21.3 Å². The van der Waals surface area contributed by atoms with E-state index in [0.717, 1.165) is 0 Å². The first kappa shape index (κ1) is 41.6. The molecule has 0 amide bonds. The number of rotatable bonds is 28. The van der Waals surface area contributed by atoms with E-state index in [2.05, 4.69) is 4.90 Å². The van der Waals surface area contributed by atoms with Gasteiger partial charge in [-0.05, 0) is 0 Å². The zero-order valence-corrected chi connectivity index (χ0v) is 29.6. The van der Waals surface area contributed by atoms with Gasteiger partial charge < -0.3 is 13.6 Å². The van der Waals surface area contributed by atoms with Gasteiger partial charge in [-0.2, -0.15) is 0 Å². The van der Waals surface area contributed by atoms with Gasteiger partial charge in [0.25, 0.3) is 0 Å². The van der Waals surface area contributed by atoms with Crippen molar-refractivity contribution in [1.29, 1.82) is 0 Å². The van der Waals surface area contributed by atoms with Crippen molar-refractivity contribution in [3.8, 4) is 0 Å². The summed E-state index contributed by atoms with van der Waals surface area (Å²) in [7, 11) is -2.30. The summed E-state index contributed by atoms with van der Waals surface area (Å²) in [5.74, 6) is 0. The van der Waals surface area contributed by atoms with E-state index in [1.165, 1.54) is 49.8 Å². The molecule has 2 N–H and O–H groups in total. The van der Waals surface area contributed by atoms with E-state index in [1.807, 2.05) is 9.80 Å². The standard InChI is InChI=1S/C22H55N3O12P4/c1-31-38(27)19-14-24(15-20-39(28,32-2)33-3)12-10-23(9-8-18-26)11-13-25(16-21-40(29,34-4)35-5)17-22-41(30,36-6)37-7/h26,29,38,40H,8-22H2,1-7H3. The van der Waals surface area contributed by atoms with Crippen LogP contribution >= 0.6 is 31.2 Å². The molecule has 0 aromatic carbocycles. The second-order valence-corrected chi connectivity index (χ2v) is 18.4. The van der Waals surface area contributed by atoms with Crippen molar-refractivity contribution in [2.75, 3.05) is 140 Å². The van der Waals surface area contributed by atoms with E-state index >= 15 is 0 Å². The van der Waals surface area contributed by atoms with Crippen molar-refractivity contribution in [2.24, 2.45) is 0 Å². The third kappa shape index (κ3) is 18.3. The van der Waals surface area contributed by atoms with Crippen molar-refractivity contribution in [2.45, 2.75) is 6.42 Å². The molecule has 0 aromatic rings. The maximum absolute atomic E-state index is 12.7. The second-order valence-electron chi connectivity index (χ2n) is 9.20. The van der Waals surface area contributed by atoms with Gasteiger partial charge in [0.1, 0.15) is 0 Å². The van der Waals surface area contributed by atoms with Gasteiger partial charge in [0.15, 0.2) is 0 Å². The minimum Gasteiger partial charge on any atom is -0.312 e. The molecule has 0 rings (SSSR count). The summed E-state index contributed by atoms with van der Waals surface area (Å²) in [5.41, 5.74) is 0. The van der Waals surface area contributed by atoms with Gasteiger partial charge in [-0.15, -0.1) is 0 Å². The number of hydrogen-bond donors (Lipinski definition) is 2. The van der Waals surface area contributed by atoms with Crippen LogP contribution in [0.1, 0.15) is 6.42 Å².